The van der Waals surface area contributed by atoms with Crippen molar-refractivity contribution in [2.24, 2.45) is 0 Å². The van der Waals surface area contributed by atoms with Gasteiger partial charge in [0, 0.05) is 0 Å². The van der Waals surface area contributed by atoms with Crippen molar-refractivity contribution in [2.45, 2.75) is 40.0 Å². The summed E-state index contributed by atoms with van der Waals surface area (Å²) in [5.41, 5.74) is 1.55. The van der Waals surface area contributed by atoms with Crippen LogP contribution in [0.25, 0.3) is 0 Å². The SMILES string of the molecule is CCCOC(=O)c1ccc(CC)cc1C(=O)OCCC. The van der Waals surface area contributed by atoms with E-state index in [1.54, 1.807) is 12.1 Å². The average Bonchev–Trinajstić information content (AvgIpc) is 2.49. The molecule has 0 saturated carbocycles. The van der Waals surface area contributed by atoms with Gasteiger partial charge in [-0.25, -0.2) is 9.59 Å². The number of carbonyl (C=O) groups is 2. The van der Waals surface area contributed by atoms with Crippen molar-refractivity contribution < 1.29 is 19.1 Å². The minimum Gasteiger partial charge on any atom is -0.462 e. The van der Waals surface area contributed by atoms with Crippen LogP contribution in [-0.2, 0) is 15.9 Å². The van der Waals surface area contributed by atoms with Gasteiger partial charge in [0.25, 0.3) is 0 Å². The summed E-state index contributed by atoms with van der Waals surface area (Å²) in [6.45, 7) is 6.53. The second-order valence-corrected chi connectivity index (χ2v) is 4.51. The molecule has 4 nitrogen and oxygen atoms in total. The van der Waals surface area contributed by atoms with E-state index >= 15 is 0 Å². The molecule has 0 fully saturated rings. The molecule has 1 aromatic carbocycles. The molecule has 0 aliphatic rings. The van der Waals surface area contributed by atoms with Crippen LogP contribution in [0.1, 0.15) is 59.9 Å². The van der Waals surface area contributed by atoms with Gasteiger partial charge in [0.05, 0.1) is 24.3 Å². The van der Waals surface area contributed by atoms with E-state index in [0.29, 0.717) is 18.8 Å². The van der Waals surface area contributed by atoms with Crippen LogP contribution in [-0.4, -0.2) is 25.2 Å². The van der Waals surface area contributed by atoms with Crippen molar-refractivity contribution in [1.82, 2.24) is 0 Å². The summed E-state index contributed by atoms with van der Waals surface area (Å²) in [7, 11) is 0. The number of aryl methyl sites for hydroxylation is 1. The van der Waals surface area contributed by atoms with E-state index in [1.165, 1.54) is 0 Å². The van der Waals surface area contributed by atoms with Gasteiger partial charge in [0.15, 0.2) is 0 Å². The third kappa shape index (κ3) is 4.37. The smallest absolute Gasteiger partial charge is 0.339 e. The summed E-state index contributed by atoms with van der Waals surface area (Å²) in [5.74, 6) is -0.941. The number of benzene rings is 1. The minimum absolute atomic E-state index is 0.275. The first-order valence-corrected chi connectivity index (χ1v) is 7.11. The maximum atomic E-state index is 12.0. The Kier molecular flexibility index (Phi) is 6.77. The van der Waals surface area contributed by atoms with Gasteiger partial charge in [-0.15, -0.1) is 0 Å². The second-order valence-electron chi connectivity index (χ2n) is 4.51. The number of carbonyl (C=O) groups excluding carboxylic acids is 2. The van der Waals surface area contributed by atoms with E-state index in [-0.39, 0.29) is 5.56 Å². The van der Waals surface area contributed by atoms with Gasteiger partial charge >= 0.3 is 11.9 Å². The molecule has 0 aromatic heterocycles. The number of hydrogen-bond donors (Lipinski definition) is 0. The zero-order valence-electron chi connectivity index (χ0n) is 12.4. The quantitative estimate of drug-likeness (QED) is 0.717. The van der Waals surface area contributed by atoms with Crippen LogP contribution in [0.5, 0.6) is 0 Å². The zero-order valence-corrected chi connectivity index (χ0v) is 12.4. The van der Waals surface area contributed by atoms with Gasteiger partial charge in [0.1, 0.15) is 0 Å². The van der Waals surface area contributed by atoms with Crippen LogP contribution < -0.4 is 0 Å². The van der Waals surface area contributed by atoms with Crippen LogP contribution in [0, 0.1) is 0 Å². The lowest BCUT2D eigenvalue weighted by molar-refractivity contribution is 0.0458. The zero-order chi connectivity index (χ0) is 15.0. The molecule has 0 aliphatic carbocycles. The predicted octanol–water partition coefficient (Wildman–Crippen LogP) is 3.38. The fraction of sp³-hybridized carbons (Fsp3) is 0.500. The summed E-state index contributed by atoms with van der Waals surface area (Å²) < 4.78 is 10.2. The molecule has 0 spiro atoms. The molecule has 0 atom stereocenters. The Morgan fingerprint density at radius 3 is 1.95 bits per heavy atom. The molecule has 1 rings (SSSR count). The van der Waals surface area contributed by atoms with Crippen LogP contribution >= 0.6 is 0 Å². The molecule has 0 aliphatic heterocycles. The Labute approximate surface area is 120 Å². The van der Waals surface area contributed by atoms with Gasteiger partial charge in [-0.05, 0) is 37.0 Å². The highest BCUT2D eigenvalue weighted by Gasteiger charge is 2.19. The van der Waals surface area contributed by atoms with Crippen molar-refractivity contribution in [1.29, 1.82) is 0 Å². The molecule has 0 amide bonds. The standard InChI is InChI=1S/C16H22O4/c1-4-9-19-15(17)13-8-7-12(6-3)11-14(13)16(18)20-10-5-2/h7-8,11H,4-6,9-10H2,1-3H3. The first-order valence-electron chi connectivity index (χ1n) is 7.11. The van der Waals surface area contributed by atoms with Crippen LogP contribution in [0.3, 0.4) is 0 Å². The van der Waals surface area contributed by atoms with Gasteiger partial charge in [0.2, 0.25) is 0 Å². The first kappa shape index (κ1) is 16.2. The van der Waals surface area contributed by atoms with Gasteiger partial charge in [-0.3, -0.25) is 0 Å². The molecular formula is C16H22O4. The largest absolute Gasteiger partial charge is 0.462 e. The van der Waals surface area contributed by atoms with Gasteiger partial charge in [-0.1, -0.05) is 26.8 Å². The highest BCUT2D eigenvalue weighted by Crippen LogP contribution is 2.16. The first-order chi connectivity index (χ1) is 9.63. The van der Waals surface area contributed by atoms with Crippen LogP contribution in [0.15, 0.2) is 18.2 Å². The molecular weight excluding hydrogens is 256 g/mol. The minimum atomic E-state index is -0.474. The molecule has 1 aromatic rings. The van der Waals surface area contributed by atoms with Crippen molar-refractivity contribution in [2.75, 3.05) is 13.2 Å². The summed E-state index contributed by atoms with van der Waals surface area (Å²) >= 11 is 0. The average molecular weight is 278 g/mol. The normalized spacial score (nSPS) is 10.2. The van der Waals surface area contributed by atoms with Gasteiger partial charge < -0.3 is 9.47 Å². The highest BCUT2D eigenvalue weighted by atomic mass is 16.5. The maximum absolute atomic E-state index is 12.0. The number of esters is 2. The molecule has 0 bridgehead atoms. The Balaban J connectivity index is 3.03. The summed E-state index contributed by atoms with van der Waals surface area (Å²) in [6.07, 6.45) is 2.28. The van der Waals surface area contributed by atoms with E-state index in [0.717, 1.165) is 24.8 Å². The molecule has 0 radical (unpaired) electrons. The Bertz CT molecular complexity index is 466. The van der Waals surface area contributed by atoms with Crippen molar-refractivity contribution in [3.63, 3.8) is 0 Å². The van der Waals surface area contributed by atoms with Crippen molar-refractivity contribution >= 4 is 11.9 Å². The van der Waals surface area contributed by atoms with E-state index in [1.807, 2.05) is 26.8 Å². The lowest BCUT2D eigenvalue weighted by Crippen LogP contribution is -2.15. The van der Waals surface area contributed by atoms with E-state index < -0.39 is 11.9 Å². The van der Waals surface area contributed by atoms with E-state index in [4.69, 9.17) is 9.47 Å². The Morgan fingerprint density at radius 1 is 0.900 bits per heavy atom. The van der Waals surface area contributed by atoms with Crippen molar-refractivity contribution in [3.8, 4) is 0 Å². The summed E-state index contributed by atoms with van der Waals surface area (Å²) in [6, 6.07) is 5.18. The van der Waals surface area contributed by atoms with Crippen molar-refractivity contribution in [3.05, 3.63) is 34.9 Å². The number of rotatable bonds is 7. The molecule has 110 valence electrons. The fourth-order valence-electron chi connectivity index (χ4n) is 1.70. The molecule has 0 saturated heterocycles. The number of ether oxygens (including phenoxy) is 2. The summed E-state index contributed by atoms with van der Waals surface area (Å²) in [4.78, 5) is 24.0. The monoisotopic (exact) mass is 278 g/mol. The van der Waals surface area contributed by atoms with E-state index in [2.05, 4.69) is 0 Å². The summed E-state index contributed by atoms with van der Waals surface area (Å²) in [5, 5.41) is 0. The number of hydrogen-bond acceptors (Lipinski definition) is 4. The third-order valence-corrected chi connectivity index (χ3v) is 2.81. The maximum Gasteiger partial charge on any atom is 0.339 e. The Morgan fingerprint density at radius 2 is 1.45 bits per heavy atom. The molecule has 0 N–H and O–H groups in total. The van der Waals surface area contributed by atoms with Crippen LogP contribution in [0.2, 0.25) is 0 Å². The van der Waals surface area contributed by atoms with E-state index in [9.17, 15) is 9.59 Å². The molecule has 0 unspecified atom stereocenters. The molecule has 20 heavy (non-hydrogen) atoms. The van der Waals surface area contributed by atoms with Gasteiger partial charge in [-0.2, -0.15) is 0 Å². The fourth-order valence-corrected chi connectivity index (χ4v) is 1.70. The topological polar surface area (TPSA) is 52.6 Å². The lowest BCUT2D eigenvalue weighted by atomic mass is 10.0. The third-order valence-electron chi connectivity index (χ3n) is 2.81. The Hall–Kier alpha value is -1.84. The predicted molar refractivity (Wildman–Crippen MR) is 77.0 cm³/mol. The second kappa shape index (κ2) is 8.35. The lowest BCUT2D eigenvalue weighted by Gasteiger charge is -2.10. The van der Waals surface area contributed by atoms with Crippen LogP contribution in [0.4, 0.5) is 0 Å². The molecule has 4 heteroatoms. The highest BCUT2D eigenvalue weighted by molar-refractivity contribution is 6.03. The molecule has 0 heterocycles.